The molecule has 0 radical (unpaired) electrons. The highest BCUT2D eigenvalue weighted by Gasteiger charge is 2.43. The second kappa shape index (κ2) is 6.79. The summed E-state index contributed by atoms with van der Waals surface area (Å²) in [4.78, 5) is 14.4. The van der Waals surface area contributed by atoms with Gasteiger partial charge in [-0.3, -0.25) is 4.79 Å². The molecule has 2 fully saturated rings. The van der Waals surface area contributed by atoms with Crippen molar-refractivity contribution in [3.63, 3.8) is 0 Å². The zero-order valence-corrected chi connectivity index (χ0v) is 13.7. The molecule has 0 unspecified atom stereocenters. The Morgan fingerprint density at radius 1 is 1.22 bits per heavy atom. The summed E-state index contributed by atoms with van der Waals surface area (Å²) in [7, 11) is 1.62. The number of ether oxygens (including phenoxy) is 2. The Hall–Kier alpha value is -1.75. The molecule has 0 atom stereocenters. The van der Waals surface area contributed by atoms with Crippen molar-refractivity contribution in [2.24, 2.45) is 0 Å². The lowest BCUT2D eigenvalue weighted by Crippen LogP contribution is -2.39. The predicted molar refractivity (Wildman–Crippen MR) is 88.4 cm³/mol. The van der Waals surface area contributed by atoms with Crippen molar-refractivity contribution in [1.29, 1.82) is 0 Å². The first-order valence-corrected chi connectivity index (χ1v) is 8.42. The molecule has 5 nitrogen and oxygen atoms in total. The summed E-state index contributed by atoms with van der Waals surface area (Å²) < 4.78 is 10.9. The average molecular weight is 319 g/mol. The van der Waals surface area contributed by atoms with Crippen LogP contribution in [0, 0.1) is 0 Å². The van der Waals surface area contributed by atoms with E-state index < -0.39 is 11.4 Å². The smallest absolute Gasteiger partial charge is 0.314 e. The van der Waals surface area contributed by atoms with Gasteiger partial charge in [0.25, 0.3) is 0 Å². The minimum Gasteiger partial charge on any atom is -0.496 e. The minimum atomic E-state index is -0.814. The zero-order chi connectivity index (χ0) is 16.3. The standard InChI is InChI=1S/C18H25NO4/c1-22-16-6-5-14(19-9-11-23-12-10-19)13-15(16)18(17(20)21)7-3-2-4-8-18/h5-6,13H,2-4,7-12H2,1H3,(H,20,21). The van der Waals surface area contributed by atoms with E-state index in [1.807, 2.05) is 18.2 Å². The lowest BCUT2D eigenvalue weighted by molar-refractivity contribution is -0.145. The van der Waals surface area contributed by atoms with E-state index in [1.165, 1.54) is 0 Å². The molecule has 5 heteroatoms. The highest BCUT2D eigenvalue weighted by atomic mass is 16.5. The molecule has 1 saturated heterocycles. The molecule has 1 saturated carbocycles. The van der Waals surface area contributed by atoms with Gasteiger partial charge in [-0.25, -0.2) is 0 Å². The molecule has 126 valence electrons. The third-order valence-corrected chi connectivity index (χ3v) is 5.19. The number of nitrogens with zero attached hydrogens (tertiary/aromatic N) is 1. The molecule has 1 N–H and O–H groups in total. The number of aliphatic carboxylic acids is 1. The third-order valence-electron chi connectivity index (χ3n) is 5.19. The van der Waals surface area contributed by atoms with Gasteiger partial charge in [0.1, 0.15) is 5.75 Å². The van der Waals surface area contributed by atoms with Gasteiger partial charge in [0.15, 0.2) is 0 Å². The predicted octanol–water partition coefficient (Wildman–Crippen LogP) is 2.82. The molecule has 1 aliphatic heterocycles. The number of carboxylic acid groups (broad SMARTS) is 1. The monoisotopic (exact) mass is 319 g/mol. The second-order valence-corrected chi connectivity index (χ2v) is 6.43. The summed E-state index contributed by atoms with van der Waals surface area (Å²) in [5.74, 6) is -0.0408. The van der Waals surface area contributed by atoms with Gasteiger partial charge in [0.2, 0.25) is 0 Å². The van der Waals surface area contributed by atoms with Crippen LogP contribution in [-0.4, -0.2) is 44.5 Å². The highest BCUT2D eigenvalue weighted by Crippen LogP contribution is 2.45. The van der Waals surface area contributed by atoms with Crippen molar-refractivity contribution in [3.8, 4) is 5.75 Å². The molecule has 3 rings (SSSR count). The number of rotatable bonds is 4. The summed E-state index contributed by atoms with van der Waals surface area (Å²) in [5, 5.41) is 9.97. The molecule has 0 aromatic heterocycles. The largest absolute Gasteiger partial charge is 0.496 e. The Balaban J connectivity index is 2.02. The number of methoxy groups -OCH3 is 1. The molecule has 1 aromatic rings. The van der Waals surface area contributed by atoms with Crippen LogP contribution in [0.5, 0.6) is 5.75 Å². The van der Waals surface area contributed by atoms with Crippen molar-refractivity contribution in [2.45, 2.75) is 37.5 Å². The molecular formula is C18H25NO4. The lowest BCUT2D eigenvalue weighted by Gasteiger charge is -2.36. The number of morpholine rings is 1. The van der Waals surface area contributed by atoms with E-state index in [2.05, 4.69) is 4.90 Å². The van der Waals surface area contributed by atoms with Crippen LogP contribution >= 0.6 is 0 Å². The van der Waals surface area contributed by atoms with E-state index in [1.54, 1.807) is 7.11 Å². The number of hydrogen-bond acceptors (Lipinski definition) is 4. The highest BCUT2D eigenvalue weighted by molar-refractivity contribution is 5.83. The van der Waals surface area contributed by atoms with Crippen LogP contribution < -0.4 is 9.64 Å². The summed E-state index contributed by atoms with van der Waals surface area (Å²) in [6.45, 7) is 3.11. The van der Waals surface area contributed by atoms with Crippen LogP contribution in [0.25, 0.3) is 0 Å². The van der Waals surface area contributed by atoms with Gasteiger partial charge in [-0.15, -0.1) is 0 Å². The van der Waals surface area contributed by atoms with Gasteiger partial charge in [-0.2, -0.15) is 0 Å². The first-order valence-electron chi connectivity index (χ1n) is 8.42. The van der Waals surface area contributed by atoms with Crippen molar-refractivity contribution in [1.82, 2.24) is 0 Å². The lowest BCUT2D eigenvalue weighted by atomic mass is 9.69. The topological polar surface area (TPSA) is 59.0 Å². The van der Waals surface area contributed by atoms with Crippen LogP contribution in [-0.2, 0) is 14.9 Å². The van der Waals surface area contributed by atoms with Gasteiger partial charge in [-0.05, 0) is 31.0 Å². The van der Waals surface area contributed by atoms with Crippen LogP contribution in [0.1, 0.15) is 37.7 Å². The maximum absolute atomic E-state index is 12.1. The number of benzene rings is 1. The minimum absolute atomic E-state index is 0.686. The molecule has 1 heterocycles. The molecular weight excluding hydrogens is 294 g/mol. The van der Waals surface area contributed by atoms with Gasteiger partial charge < -0.3 is 19.5 Å². The van der Waals surface area contributed by atoms with E-state index in [9.17, 15) is 9.90 Å². The SMILES string of the molecule is COc1ccc(N2CCOCC2)cc1C1(C(=O)O)CCCCC1. The summed E-state index contributed by atoms with van der Waals surface area (Å²) in [6.07, 6.45) is 4.39. The number of anilines is 1. The van der Waals surface area contributed by atoms with Crippen LogP contribution in [0.3, 0.4) is 0 Å². The Bertz CT molecular complexity index is 560. The van der Waals surface area contributed by atoms with E-state index in [-0.39, 0.29) is 0 Å². The third kappa shape index (κ3) is 3.02. The molecule has 0 amide bonds. The zero-order valence-electron chi connectivity index (χ0n) is 13.7. The van der Waals surface area contributed by atoms with Crippen LogP contribution in [0.2, 0.25) is 0 Å². The summed E-state index contributed by atoms with van der Waals surface area (Å²) in [5.41, 5.74) is 1.08. The van der Waals surface area contributed by atoms with Gasteiger partial charge in [-0.1, -0.05) is 19.3 Å². The molecule has 2 aliphatic rings. The van der Waals surface area contributed by atoms with Crippen LogP contribution in [0.4, 0.5) is 5.69 Å². The number of carboxylic acids is 1. The van der Waals surface area contributed by atoms with E-state index in [4.69, 9.17) is 9.47 Å². The number of hydrogen-bond donors (Lipinski definition) is 1. The molecule has 1 aliphatic carbocycles. The summed E-state index contributed by atoms with van der Waals surface area (Å²) >= 11 is 0. The fourth-order valence-electron chi connectivity index (χ4n) is 3.84. The van der Waals surface area contributed by atoms with Crippen molar-refractivity contribution in [2.75, 3.05) is 38.3 Å². The first kappa shape index (κ1) is 16.1. The van der Waals surface area contributed by atoms with E-state index >= 15 is 0 Å². The Morgan fingerprint density at radius 2 is 1.91 bits per heavy atom. The Labute approximate surface area is 137 Å². The molecule has 0 bridgehead atoms. The van der Waals surface area contributed by atoms with E-state index in [0.717, 1.165) is 43.6 Å². The molecule has 1 aromatic carbocycles. The average Bonchev–Trinajstić information content (AvgIpc) is 2.62. The van der Waals surface area contributed by atoms with Gasteiger partial charge in [0, 0.05) is 24.3 Å². The Morgan fingerprint density at radius 3 is 2.52 bits per heavy atom. The van der Waals surface area contributed by atoms with Gasteiger partial charge >= 0.3 is 5.97 Å². The van der Waals surface area contributed by atoms with Gasteiger partial charge in [0.05, 0.1) is 25.7 Å². The van der Waals surface area contributed by atoms with E-state index in [0.29, 0.717) is 31.8 Å². The van der Waals surface area contributed by atoms with Crippen LogP contribution in [0.15, 0.2) is 18.2 Å². The summed E-state index contributed by atoms with van der Waals surface area (Å²) in [6, 6.07) is 5.97. The molecule has 0 spiro atoms. The molecule has 23 heavy (non-hydrogen) atoms. The fourth-order valence-corrected chi connectivity index (χ4v) is 3.84. The van der Waals surface area contributed by atoms with Crippen molar-refractivity contribution < 1.29 is 19.4 Å². The normalized spacial score (nSPS) is 21.0. The maximum Gasteiger partial charge on any atom is 0.314 e. The quantitative estimate of drug-likeness (QED) is 0.925. The number of carbonyl (C=O) groups is 1. The Kier molecular flexibility index (Phi) is 4.76. The second-order valence-electron chi connectivity index (χ2n) is 6.43. The van der Waals surface area contributed by atoms with Crippen molar-refractivity contribution >= 4 is 11.7 Å². The van der Waals surface area contributed by atoms with Crippen molar-refractivity contribution in [3.05, 3.63) is 23.8 Å². The first-order chi connectivity index (χ1) is 11.2. The fraction of sp³-hybridized carbons (Fsp3) is 0.611. The maximum atomic E-state index is 12.1.